The van der Waals surface area contributed by atoms with Crippen LogP contribution in [0.25, 0.3) is 0 Å². The van der Waals surface area contributed by atoms with Crippen LogP contribution in [0.4, 0.5) is 23.2 Å². The third-order valence-electron chi connectivity index (χ3n) is 2.46. The average molecular weight is 304 g/mol. The molecule has 0 spiro atoms. The van der Waals surface area contributed by atoms with E-state index in [9.17, 15) is 22.4 Å². The second-order valence-electron chi connectivity index (χ2n) is 3.80. The molecule has 0 aliphatic rings. The highest BCUT2D eigenvalue weighted by molar-refractivity contribution is 6.34. The number of para-hydroxylation sites is 1. The van der Waals surface area contributed by atoms with Gasteiger partial charge in [-0.25, -0.2) is 17.6 Å². The summed E-state index contributed by atoms with van der Waals surface area (Å²) in [5.41, 5.74) is -1.13. The van der Waals surface area contributed by atoms with Crippen molar-refractivity contribution in [3.05, 3.63) is 64.2 Å². The number of hydrogen-bond acceptors (Lipinski definition) is 1. The number of halogens is 5. The van der Waals surface area contributed by atoms with Crippen molar-refractivity contribution in [2.75, 3.05) is 5.32 Å². The summed E-state index contributed by atoms with van der Waals surface area (Å²) in [4.78, 5) is 11.8. The van der Waals surface area contributed by atoms with Gasteiger partial charge < -0.3 is 5.32 Å². The normalized spacial score (nSPS) is 10.4. The van der Waals surface area contributed by atoms with Crippen molar-refractivity contribution >= 4 is 23.2 Å². The summed E-state index contributed by atoms with van der Waals surface area (Å²) < 4.78 is 52.6. The number of benzene rings is 2. The fourth-order valence-electron chi connectivity index (χ4n) is 1.49. The first-order valence-corrected chi connectivity index (χ1v) is 5.68. The third kappa shape index (κ3) is 2.75. The molecule has 2 aromatic carbocycles. The van der Waals surface area contributed by atoms with Crippen molar-refractivity contribution in [3.63, 3.8) is 0 Å². The molecule has 0 saturated heterocycles. The summed E-state index contributed by atoms with van der Waals surface area (Å²) in [6.07, 6.45) is 0. The Morgan fingerprint density at radius 2 is 1.50 bits per heavy atom. The highest BCUT2D eigenvalue weighted by Crippen LogP contribution is 2.23. The van der Waals surface area contributed by atoms with Gasteiger partial charge in [-0.1, -0.05) is 17.7 Å². The lowest BCUT2D eigenvalue weighted by Gasteiger charge is -2.09. The van der Waals surface area contributed by atoms with E-state index in [1.807, 2.05) is 5.32 Å². The molecule has 0 aliphatic heterocycles. The van der Waals surface area contributed by atoms with Crippen LogP contribution in [-0.4, -0.2) is 5.91 Å². The Morgan fingerprint density at radius 1 is 0.950 bits per heavy atom. The molecule has 104 valence electrons. The van der Waals surface area contributed by atoms with E-state index in [0.717, 1.165) is 18.2 Å². The van der Waals surface area contributed by atoms with Crippen LogP contribution in [0.3, 0.4) is 0 Å². The van der Waals surface area contributed by atoms with Crippen LogP contribution in [0, 0.1) is 23.3 Å². The van der Waals surface area contributed by atoms with Gasteiger partial charge in [0.05, 0.1) is 10.6 Å². The minimum absolute atomic E-state index is 0.377. The summed E-state index contributed by atoms with van der Waals surface area (Å²) in [7, 11) is 0. The predicted molar refractivity (Wildman–Crippen MR) is 65.7 cm³/mol. The SMILES string of the molecule is O=C(Nc1c(F)cccc1F)c1cc(F)c(F)cc1Cl. The maximum Gasteiger partial charge on any atom is 0.257 e. The van der Waals surface area contributed by atoms with Crippen molar-refractivity contribution in [1.82, 2.24) is 0 Å². The van der Waals surface area contributed by atoms with Crippen molar-refractivity contribution < 1.29 is 22.4 Å². The molecule has 0 unspecified atom stereocenters. The van der Waals surface area contributed by atoms with E-state index in [2.05, 4.69) is 0 Å². The second-order valence-corrected chi connectivity index (χ2v) is 4.20. The van der Waals surface area contributed by atoms with Crippen molar-refractivity contribution in [1.29, 1.82) is 0 Å². The first-order chi connectivity index (χ1) is 9.40. The Balaban J connectivity index is 2.36. The fraction of sp³-hybridized carbons (Fsp3) is 0. The van der Waals surface area contributed by atoms with Crippen LogP contribution in [0.2, 0.25) is 5.02 Å². The Morgan fingerprint density at radius 3 is 2.10 bits per heavy atom. The minimum Gasteiger partial charge on any atom is -0.317 e. The van der Waals surface area contributed by atoms with E-state index in [1.54, 1.807) is 0 Å². The number of nitrogens with one attached hydrogen (secondary N) is 1. The van der Waals surface area contributed by atoms with E-state index in [4.69, 9.17) is 11.6 Å². The third-order valence-corrected chi connectivity index (χ3v) is 2.77. The van der Waals surface area contributed by atoms with Gasteiger partial charge >= 0.3 is 0 Å². The molecule has 0 aliphatic carbocycles. The van der Waals surface area contributed by atoms with E-state index in [1.165, 1.54) is 0 Å². The molecular formula is C13H6ClF4NO. The van der Waals surface area contributed by atoms with Crippen molar-refractivity contribution in [2.24, 2.45) is 0 Å². The number of carbonyl (C=O) groups excluding carboxylic acids is 1. The summed E-state index contributed by atoms with van der Waals surface area (Å²) in [5.74, 6) is -5.59. The smallest absolute Gasteiger partial charge is 0.257 e. The number of anilines is 1. The van der Waals surface area contributed by atoms with Gasteiger partial charge in [-0.2, -0.15) is 0 Å². The van der Waals surface area contributed by atoms with Crippen LogP contribution in [0.5, 0.6) is 0 Å². The fourth-order valence-corrected chi connectivity index (χ4v) is 1.73. The Kier molecular flexibility index (Phi) is 3.94. The zero-order chi connectivity index (χ0) is 14.9. The molecule has 1 amide bonds. The van der Waals surface area contributed by atoms with Crippen LogP contribution in [-0.2, 0) is 0 Å². The molecule has 2 rings (SSSR count). The molecule has 0 heterocycles. The summed E-state index contributed by atoms with van der Waals surface area (Å²) in [6, 6.07) is 4.14. The van der Waals surface area contributed by atoms with Gasteiger partial charge in [0.1, 0.15) is 17.3 Å². The first kappa shape index (κ1) is 14.3. The standard InChI is InChI=1S/C13H6ClF4NO/c14-7-5-11(18)10(17)4-6(7)13(20)19-12-8(15)2-1-3-9(12)16/h1-5H,(H,19,20). The molecular weight excluding hydrogens is 298 g/mol. The lowest BCUT2D eigenvalue weighted by atomic mass is 10.2. The summed E-state index contributed by atoms with van der Waals surface area (Å²) >= 11 is 5.59. The molecule has 2 aromatic rings. The van der Waals surface area contributed by atoms with Gasteiger partial charge in [0, 0.05) is 0 Å². The Hall–Kier alpha value is -2.08. The average Bonchev–Trinajstić information content (AvgIpc) is 2.38. The number of rotatable bonds is 2. The quantitative estimate of drug-likeness (QED) is 0.655. The molecule has 0 bridgehead atoms. The highest BCUT2D eigenvalue weighted by Gasteiger charge is 2.18. The number of amides is 1. The predicted octanol–water partition coefficient (Wildman–Crippen LogP) is 4.15. The monoisotopic (exact) mass is 303 g/mol. The molecule has 0 saturated carbocycles. The number of carbonyl (C=O) groups is 1. The van der Waals surface area contributed by atoms with Crippen LogP contribution in [0.15, 0.2) is 30.3 Å². The van der Waals surface area contributed by atoms with Gasteiger partial charge in [0.25, 0.3) is 5.91 Å². The van der Waals surface area contributed by atoms with Crippen LogP contribution >= 0.6 is 11.6 Å². The Bertz CT molecular complexity index is 670. The van der Waals surface area contributed by atoms with Gasteiger partial charge in [-0.3, -0.25) is 4.79 Å². The van der Waals surface area contributed by atoms with Crippen LogP contribution < -0.4 is 5.32 Å². The maximum atomic E-state index is 13.3. The maximum absolute atomic E-state index is 13.3. The van der Waals surface area contributed by atoms with Gasteiger partial charge in [-0.05, 0) is 24.3 Å². The van der Waals surface area contributed by atoms with E-state index in [-0.39, 0.29) is 5.02 Å². The lowest BCUT2D eigenvalue weighted by molar-refractivity contribution is 0.102. The van der Waals surface area contributed by atoms with Gasteiger partial charge in [0.2, 0.25) is 0 Å². The summed E-state index contributed by atoms with van der Waals surface area (Å²) in [6.45, 7) is 0. The molecule has 0 atom stereocenters. The molecule has 0 aromatic heterocycles. The van der Waals surface area contributed by atoms with Crippen molar-refractivity contribution in [3.8, 4) is 0 Å². The molecule has 7 heteroatoms. The first-order valence-electron chi connectivity index (χ1n) is 5.30. The van der Waals surface area contributed by atoms with Gasteiger partial charge in [-0.15, -0.1) is 0 Å². The molecule has 0 radical (unpaired) electrons. The molecule has 2 nitrogen and oxygen atoms in total. The minimum atomic E-state index is -1.30. The van der Waals surface area contributed by atoms with Gasteiger partial charge in [0.15, 0.2) is 11.6 Å². The second kappa shape index (κ2) is 5.50. The molecule has 20 heavy (non-hydrogen) atoms. The highest BCUT2D eigenvalue weighted by atomic mass is 35.5. The topological polar surface area (TPSA) is 29.1 Å². The van der Waals surface area contributed by atoms with E-state index < -0.39 is 40.4 Å². The zero-order valence-electron chi connectivity index (χ0n) is 9.68. The van der Waals surface area contributed by atoms with E-state index >= 15 is 0 Å². The summed E-state index contributed by atoms with van der Waals surface area (Å²) in [5, 5.41) is 1.54. The van der Waals surface area contributed by atoms with E-state index in [0.29, 0.717) is 12.1 Å². The molecule has 0 fully saturated rings. The molecule has 1 N–H and O–H groups in total. The zero-order valence-corrected chi connectivity index (χ0v) is 10.4. The Labute approximate surface area is 116 Å². The largest absolute Gasteiger partial charge is 0.317 e. The number of hydrogen-bond donors (Lipinski definition) is 1. The van der Waals surface area contributed by atoms with Crippen molar-refractivity contribution in [2.45, 2.75) is 0 Å². The van der Waals surface area contributed by atoms with Crippen LogP contribution in [0.1, 0.15) is 10.4 Å². The lowest BCUT2D eigenvalue weighted by Crippen LogP contribution is -2.15.